The summed E-state index contributed by atoms with van der Waals surface area (Å²) in [7, 11) is 0. The molecule has 0 saturated heterocycles. The first kappa shape index (κ1) is 33.3. The molecule has 8 heteroatoms. The van der Waals surface area contributed by atoms with E-state index in [1.165, 1.54) is 25.7 Å². The first-order valence-corrected chi connectivity index (χ1v) is 12.2. The molecular formula is C26H46N4O4. The molecule has 0 fully saturated rings. The van der Waals surface area contributed by atoms with Crippen molar-refractivity contribution in [3.05, 3.63) is 48.6 Å². The maximum absolute atomic E-state index is 10.3. The van der Waals surface area contributed by atoms with E-state index in [9.17, 15) is 9.59 Å². The number of hydrogen-bond acceptors (Lipinski definition) is 4. The fourth-order valence-corrected chi connectivity index (χ4v) is 2.57. The van der Waals surface area contributed by atoms with Crippen molar-refractivity contribution in [2.24, 2.45) is 22.2 Å². The molecule has 0 aromatic heterocycles. The van der Waals surface area contributed by atoms with Crippen LogP contribution >= 0.6 is 0 Å². The summed E-state index contributed by atoms with van der Waals surface area (Å²) >= 11 is 0. The van der Waals surface area contributed by atoms with Crippen LogP contribution in [0.25, 0.3) is 0 Å². The molecule has 0 rings (SSSR count). The van der Waals surface area contributed by atoms with Gasteiger partial charge in [-0.2, -0.15) is 0 Å². The molecule has 194 valence electrons. The van der Waals surface area contributed by atoms with Crippen LogP contribution in [0.5, 0.6) is 0 Å². The maximum Gasteiger partial charge on any atom is 0.320 e. The smallest absolute Gasteiger partial charge is 0.320 e. The van der Waals surface area contributed by atoms with Gasteiger partial charge in [0.15, 0.2) is 5.96 Å². The lowest BCUT2D eigenvalue weighted by Crippen LogP contribution is -2.30. The van der Waals surface area contributed by atoms with Gasteiger partial charge in [0.1, 0.15) is 6.04 Å². The van der Waals surface area contributed by atoms with Crippen LogP contribution in [0.2, 0.25) is 0 Å². The molecule has 1 unspecified atom stereocenters. The molecule has 0 amide bonds. The van der Waals surface area contributed by atoms with Crippen LogP contribution < -0.4 is 17.2 Å². The van der Waals surface area contributed by atoms with Crippen molar-refractivity contribution in [1.29, 1.82) is 0 Å². The molecule has 0 aliphatic carbocycles. The summed E-state index contributed by atoms with van der Waals surface area (Å²) in [6.45, 7) is 2.65. The zero-order valence-corrected chi connectivity index (χ0v) is 20.8. The van der Waals surface area contributed by atoms with Crippen molar-refractivity contribution in [2.75, 3.05) is 6.54 Å². The molecule has 8 N–H and O–H groups in total. The van der Waals surface area contributed by atoms with Gasteiger partial charge in [-0.05, 0) is 57.8 Å². The van der Waals surface area contributed by atoms with E-state index in [0.717, 1.165) is 32.1 Å². The van der Waals surface area contributed by atoms with E-state index in [1.807, 2.05) is 0 Å². The number of carbonyl (C=O) groups is 2. The Hall–Kier alpha value is -2.87. The number of nitrogens with two attached hydrogens (primary N) is 3. The molecule has 0 aliphatic heterocycles. The lowest BCUT2D eigenvalue weighted by molar-refractivity contribution is -0.139. The molecule has 0 aromatic carbocycles. The summed E-state index contributed by atoms with van der Waals surface area (Å²) in [5.41, 5.74) is 15.3. The Morgan fingerprint density at radius 3 is 1.74 bits per heavy atom. The number of carboxylic acid groups (broad SMARTS) is 2. The normalized spacial score (nSPS) is 12.3. The zero-order chi connectivity index (χ0) is 25.9. The van der Waals surface area contributed by atoms with Gasteiger partial charge in [0.25, 0.3) is 0 Å². The van der Waals surface area contributed by atoms with E-state index in [0.29, 0.717) is 19.4 Å². The third kappa shape index (κ3) is 31.3. The van der Waals surface area contributed by atoms with Gasteiger partial charge in [-0.3, -0.25) is 14.6 Å². The number of nitrogens with zero attached hydrogens (tertiary/aromatic N) is 1. The molecule has 0 bridgehead atoms. The number of rotatable bonds is 19. The summed E-state index contributed by atoms with van der Waals surface area (Å²) in [6.07, 6.45) is 28.3. The van der Waals surface area contributed by atoms with Gasteiger partial charge >= 0.3 is 11.9 Å². The number of carboxylic acids is 2. The Morgan fingerprint density at radius 2 is 1.29 bits per heavy atom. The van der Waals surface area contributed by atoms with Crippen LogP contribution in [0.3, 0.4) is 0 Å². The second-order valence-electron chi connectivity index (χ2n) is 7.77. The Balaban J connectivity index is 0. The minimum atomic E-state index is -1.00. The minimum absolute atomic E-state index is 0.0129. The van der Waals surface area contributed by atoms with E-state index >= 15 is 0 Å². The summed E-state index contributed by atoms with van der Waals surface area (Å²) < 4.78 is 0. The number of aliphatic carboxylic acids is 2. The Morgan fingerprint density at radius 1 is 0.794 bits per heavy atom. The highest BCUT2D eigenvalue weighted by Gasteiger charge is 2.09. The highest BCUT2D eigenvalue weighted by molar-refractivity contribution is 5.75. The third-order valence-electron chi connectivity index (χ3n) is 4.50. The molecule has 0 aromatic rings. The predicted molar refractivity (Wildman–Crippen MR) is 142 cm³/mol. The summed E-state index contributed by atoms with van der Waals surface area (Å²) in [6, 6.07) is -0.820. The van der Waals surface area contributed by atoms with Crippen molar-refractivity contribution >= 4 is 17.9 Å². The molecule has 0 aliphatic rings. The van der Waals surface area contributed by atoms with Gasteiger partial charge in [-0.25, -0.2) is 0 Å². The molecule has 34 heavy (non-hydrogen) atoms. The van der Waals surface area contributed by atoms with Gasteiger partial charge in [0, 0.05) is 13.0 Å². The monoisotopic (exact) mass is 478 g/mol. The minimum Gasteiger partial charge on any atom is -0.481 e. The topological polar surface area (TPSA) is 165 Å². The van der Waals surface area contributed by atoms with Crippen LogP contribution in [0.4, 0.5) is 0 Å². The SMILES string of the molecule is CCCCC/C=C\C/C=C\C/C=C\C/C=C\CCCC(=O)O.NC(N)=NCCCC(N)C(=O)O. The highest BCUT2D eigenvalue weighted by Crippen LogP contribution is 2.01. The lowest BCUT2D eigenvalue weighted by Gasteiger charge is -2.03. The van der Waals surface area contributed by atoms with Crippen molar-refractivity contribution in [1.82, 2.24) is 0 Å². The van der Waals surface area contributed by atoms with Crippen LogP contribution in [-0.4, -0.2) is 40.7 Å². The van der Waals surface area contributed by atoms with E-state index in [4.69, 9.17) is 27.4 Å². The molecule has 0 heterocycles. The van der Waals surface area contributed by atoms with Crippen LogP contribution in [-0.2, 0) is 9.59 Å². The molecular weight excluding hydrogens is 432 g/mol. The van der Waals surface area contributed by atoms with E-state index < -0.39 is 18.0 Å². The van der Waals surface area contributed by atoms with Crippen molar-refractivity contribution in [2.45, 2.75) is 90.0 Å². The van der Waals surface area contributed by atoms with E-state index in [-0.39, 0.29) is 12.4 Å². The average molecular weight is 479 g/mol. The van der Waals surface area contributed by atoms with Gasteiger partial charge < -0.3 is 27.4 Å². The number of unbranched alkanes of at least 4 members (excludes halogenated alkanes) is 4. The predicted octanol–water partition coefficient (Wildman–Crippen LogP) is 4.67. The van der Waals surface area contributed by atoms with Crippen LogP contribution in [0.1, 0.15) is 84.0 Å². The van der Waals surface area contributed by atoms with Crippen molar-refractivity contribution in [3.63, 3.8) is 0 Å². The Bertz CT molecular complexity index is 651. The fraction of sp³-hybridized carbons (Fsp3) is 0.577. The first-order valence-electron chi connectivity index (χ1n) is 12.2. The van der Waals surface area contributed by atoms with Gasteiger partial charge in [-0.15, -0.1) is 0 Å². The number of aliphatic imine (C=N–C) groups is 1. The molecule has 0 saturated carbocycles. The third-order valence-corrected chi connectivity index (χ3v) is 4.50. The molecule has 0 spiro atoms. The van der Waals surface area contributed by atoms with Gasteiger partial charge in [-0.1, -0.05) is 68.4 Å². The molecule has 1 atom stereocenters. The van der Waals surface area contributed by atoms with Gasteiger partial charge in [0.05, 0.1) is 0 Å². The van der Waals surface area contributed by atoms with Crippen molar-refractivity contribution < 1.29 is 19.8 Å². The fourth-order valence-electron chi connectivity index (χ4n) is 2.57. The maximum atomic E-state index is 10.3. The number of hydrogen-bond donors (Lipinski definition) is 5. The summed E-state index contributed by atoms with van der Waals surface area (Å²) in [5.74, 6) is -1.70. The number of allylic oxidation sites excluding steroid dienone is 8. The van der Waals surface area contributed by atoms with E-state index in [2.05, 4.69) is 60.5 Å². The van der Waals surface area contributed by atoms with Gasteiger partial charge in [0.2, 0.25) is 0 Å². The molecule has 8 nitrogen and oxygen atoms in total. The summed E-state index contributed by atoms with van der Waals surface area (Å²) in [5, 5.41) is 16.9. The standard InChI is InChI=1S/C20H32O2.C6H14N4O2/c1-2-3-4-5-6-7-8-9-10-11-12-13-14-15-16-17-18-19-20(21)22;7-4(5(11)12)2-1-3-10-6(8)9/h6-7,9-10,12-13,15-16H,2-5,8,11,14,17-19H2,1H3,(H,21,22);4H,1-3,7H2,(H,11,12)(H4,8,9,10)/b7-6-,10-9-,13-12-,16-15-;. The zero-order valence-electron chi connectivity index (χ0n) is 20.8. The second-order valence-corrected chi connectivity index (χ2v) is 7.77. The van der Waals surface area contributed by atoms with Crippen molar-refractivity contribution in [3.8, 4) is 0 Å². The van der Waals surface area contributed by atoms with Crippen LogP contribution in [0, 0.1) is 0 Å². The van der Waals surface area contributed by atoms with E-state index in [1.54, 1.807) is 0 Å². The Kier molecular flexibility index (Phi) is 25.8. The average Bonchev–Trinajstić information content (AvgIpc) is 2.78. The quantitative estimate of drug-likeness (QED) is 0.0778. The largest absolute Gasteiger partial charge is 0.481 e. The highest BCUT2D eigenvalue weighted by atomic mass is 16.4. The lowest BCUT2D eigenvalue weighted by atomic mass is 10.2. The Labute approximate surface area is 205 Å². The summed E-state index contributed by atoms with van der Waals surface area (Å²) in [4.78, 5) is 24.2. The number of guanidine groups is 1. The second kappa shape index (κ2) is 26.4. The first-order chi connectivity index (χ1) is 16.3. The molecule has 0 radical (unpaired) electrons. The van der Waals surface area contributed by atoms with Crippen LogP contribution in [0.15, 0.2) is 53.6 Å².